The lowest BCUT2D eigenvalue weighted by molar-refractivity contribution is -0.141. The molecule has 6 rings (SSSR count). The zero-order chi connectivity index (χ0) is 34.9. The lowest BCUT2D eigenvalue weighted by atomic mass is 10.0. The van der Waals surface area contributed by atoms with Crippen molar-refractivity contribution in [1.29, 1.82) is 0 Å². The maximum atomic E-state index is 14.3. The topological polar surface area (TPSA) is 146 Å². The van der Waals surface area contributed by atoms with E-state index in [9.17, 15) is 24.0 Å². The molecule has 4 fully saturated rings. The minimum atomic E-state index is -1.02. The summed E-state index contributed by atoms with van der Waals surface area (Å²) in [6, 6.07) is 3.60. The van der Waals surface area contributed by atoms with Gasteiger partial charge in [-0.3, -0.25) is 19.3 Å². The quantitative estimate of drug-likeness (QED) is 0.400. The van der Waals surface area contributed by atoms with Gasteiger partial charge < -0.3 is 30.3 Å². The van der Waals surface area contributed by atoms with Crippen LogP contribution in [0.5, 0.6) is 0 Å². The van der Waals surface area contributed by atoms with Crippen LogP contribution in [0.1, 0.15) is 103 Å². The molecule has 3 heterocycles. The molecular formula is C36H50ClN5O7. The normalized spacial score (nSPS) is 29.0. The monoisotopic (exact) mass is 699 g/mol. The van der Waals surface area contributed by atoms with Gasteiger partial charge in [-0.05, 0) is 81.9 Å². The van der Waals surface area contributed by atoms with Gasteiger partial charge in [0.15, 0.2) is 0 Å². The van der Waals surface area contributed by atoms with E-state index in [1.54, 1.807) is 31.7 Å². The molecule has 49 heavy (non-hydrogen) atoms. The number of hydrogen-bond acceptors (Lipinski definition) is 7. The van der Waals surface area contributed by atoms with E-state index in [4.69, 9.17) is 21.1 Å². The van der Waals surface area contributed by atoms with E-state index in [-0.39, 0.29) is 24.8 Å². The van der Waals surface area contributed by atoms with Crippen LogP contribution in [0.25, 0.3) is 0 Å². The third-order valence-corrected chi connectivity index (χ3v) is 10.8. The first-order valence-corrected chi connectivity index (χ1v) is 18.3. The van der Waals surface area contributed by atoms with E-state index in [1.807, 2.05) is 12.1 Å². The highest BCUT2D eigenvalue weighted by atomic mass is 35.5. The second-order valence-corrected chi connectivity index (χ2v) is 15.9. The molecule has 2 saturated heterocycles. The lowest BCUT2D eigenvalue weighted by Crippen LogP contribution is -2.58. The standard InChI is InChI=1S/C36H50ClN5O7/c1-35(2,3)49-33(46)39-28-13-8-6-4-5-7-11-24-17-36(24,32(45)38-18-22-14-15-22)40-30(43)29-16-25(20-42(29)31(28)44)48-34(47)41-19-23-10-9-12-27(37)26(23)21-41/h9-10,12,22,24-25,28-29H,4-8,11,13-21H2,1-3H3,(H,38,45)(H,39,46)(H,40,43)/t24-,25-,28+,29+,36-/m1/s1. The highest BCUT2D eigenvalue weighted by Crippen LogP contribution is 2.48. The largest absolute Gasteiger partial charge is 0.444 e. The van der Waals surface area contributed by atoms with Gasteiger partial charge in [0.25, 0.3) is 0 Å². The molecule has 0 radical (unpaired) electrons. The number of benzene rings is 1. The van der Waals surface area contributed by atoms with E-state index in [2.05, 4.69) is 16.0 Å². The van der Waals surface area contributed by atoms with E-state index < -0.39 is 53.3 Å². The summed E-state index contributed by atoms with van der Waals surface area (Å²) >= 11 is 6.37. The Labute approximate surface area is 293 Å². The van der Waals surface area contributed by atoms with Crippen molar-refractivity contribution in [2.24, 2.45) is 11.8 Å². The Hall–Kier alpha value is -3.54. The highest BCUT2D eigenvalue weighted by molar-refractivity contribution is 6.31. The Morgan fingerprint density at radius 1 is 1.02 bits per heavy atom. The molecule has 0 unspecified atom stereocenters. The number of amides is 5. The Morgan fingerprint density at radius 2 is 1.76 bits per heavy atom. The molecule has 1 aromatic rings. The van der Waals surface area contributed by atoms with Crippen molar-refractivity contribution in [3.05, 3.63) is 34.3 Å². The molecular weight excluding hydrogens is 650 g/mol. The fourth-order valence-corrected chi connectivity index (χ4v) is 7.72. The first-order valence-electron chi connectivity index (χ1n) is 17.9. The maximum Gasteiger partial charge on any atom is 0.410 e. The third-order valence-electron chi connectivity index (χ3n) is 10.4. The lowest BCUT2D eigenvalue weighted by Gasteiger charge is -2.30. The van der Waals surface area contributed by atoms with Crippen LogP contribution in [0.3, 0.4) is 0 Å². The van der Waals surface area contributed by atoms with Gasteiger partial charge in [0.1, 0.15) is 29.3 Å². The van der Waals surface area contributed by atoms with Gasteiger partial charge in [0.2, 0.25) is 17.7 Å². The maximum absolute atomic E-state index is 14.3. The Bertz CT molecular complexity index is 1460. The smallest absolute Gasteiger partial charge is 0.410 e. The highest BCUT2D eigenvalue weighted by Gasteiger charge is 2.61. The fourth-order valence-electron chi connectivity index (χ4n) is 7.46. The van der Waals surface area contributed by atoms with Crippen LogP contribution in [0.4, 0.5) is 9.59 Å². The number of ether oxygens (including phenoxy) is 2. The van der Waals surface area contributed by atoms with Gasteiger partial charge >= 0.3 is 12.2 Å². The minimum Gasteiger partial charge on any atom is -0.444 e. The summed E-state index contributed by atoms with van der Waals surface area (Å²) < 4.78 is 11.4. The van der Waals surface area contributed by atoms with Crippen molar-refractivity contribution in [2.45, 2.75) is 134 Å². The van der Waals surface area contributed by atoms with Crippen molar-refractivity contribution in [1.82, 2.24) is 25.8 Å². The number of alkyl carbamates (subject to hydrolysis) is 1. The zero-order valence-corrected chi connectivity index (χ0v) is 29.6. The van der Waals surface area contributed by atoms with Gasteiger partial charge in [-0.25, -0.2) is 9.59 Å². The van der Waals surface area contributed by atoms with Gasteiger partial charge in [-0.2, -0.15) is 0 Å². The van der Waals surface area contributed by atoms with Crippen LogP contribution < -0.4 is 16.0 Å². The van der Waals surface area contributed by atoms with Crippen LogP contribution in [-0.4, -0.2) is 82.1 Å². The summed E-state index contributed by atoms with van der Waals surface area (Å²) in [5.74, 6) is -0.563. The van der Waals surface area contributed by atoms with Crippen LogP contribution >= 0.6 is 11.6 Å². The molecule has 0 bridgehead atoms. The number of nitrogens with one attached hydrogen (secondary N) is 3. The van der Waals surface area contributed by atoms with Gasteiger partial charge in [-0.1, -0.05) is 55.8 Å². The molecule has 12 nitrogen and oxygen atoms in total. The number of halogens is 1. The second kappa shape index (κ2) is 14.4. The van der Waals surface area contributed by atoms with Crippen molar-refractivity contribution in [3.8, 4) is 0 Å². The van der Waals surface area contributed by atoms with Crippen LogP contribution in [-0.2, 0) is 36.9 Å². The number of nitrogens with zero attached hydrogens (tertiary/aromatic N) is 2. The third kappa shape index (κ3) is 8.44. The molecule has 3 N–H and O–H groups in total. The first-order chi connectivity index (χ1) is 23.3. The van der Waals surface area contributed by atoms with Crippen molar-refractivity contribution < 1.29 is 33.4 Å². The Morgan fingerprint density at radius 3 is 2.47 bits per heavy atom. The average molecular weight is 700 g/mol. The van der Waals surface area contributed by atoms with Crippen molar-refractivity contribution in [2.75, 3.05) is 13.1 Å². The molecule has 1 aromatic carbocycles. The molecule has 2 aliphatic carbocycles. The zero-order valence-electron chi connectivity index (χ0n) is 28.9. The van der Waals surface area contributed by atoms with E-state index in [0.717, 1.165) is 56.1 Å². The van der Waals surface area contributed by atoms with Crippen molar-refractivity contribution >= 4 is 41.5 Å². The van der Waals surface area contributed by atoms with E-state index >= 15 is 0 Å². The number of fused-ring (bicyclic) bond motifs is 3. The number of carbonyl (C=O) groups is 5. The molecule has 5 amide bonds. The molecule has 3 aliphatic heterocycles. The van der Waals surface area contributed by atoms with Crippen LogP contribution in [0.15, 0.2) is 18.2 Å². The summed E-state index contributed by atoms with van der Waals surface area (Å²) in [4.78, 5) is 71.4. The van der Waals surface area contributed by atoms with Crippen molar-refractivity contribution in [3.63, 3.8) is 0 Å². The molecule has 5 atom stereocenters. The summed E-state index contributed by atoms with van der Waals surface area (Å²) in [5.41, 5.74) is 0.0231. The summed E-state index contributed by atoms with van der Waals surface area (Å²) in [7, 11) is 0. The SMILES string of the molecule is CC(C)(C)OC(=O)N[C@H]1CCCCCCC[C@@H]2C[C@@]2(C(=O)NCC2CC2)NC(=O)[C@@H]2C[C@@H](OC(=O)N3Cc4cccc(Cl)c4C3)CN2C1=O. The van der Waals surface area contributed by atoms with Crippen LogP contribution in [0, 0.1) is 11.8 Å². The molecule has 0 spiro atoms. The van der Waals surface area contributed by atoms with Crippen LogP contribution in [0.2, 0.25) is 5.02 Å². The predicted molar refractivity (Wildman–Crippen MR) is 181 cm³/mol. The predicted octanol–water partition coefficient (Wildman–Crippen LogP) is 4.80. The molecule has 13 heteroatoms. The summed E-state index contributed by atoms with van der Waals surface area (Å²) in [6.07, 6.45) is 6.41. The van der Waals surface area contributed by atoms with Gasteiger partial charge in [0.05, 0.1) is 13.1 Å². The van der Waals surface area contributed by atoms with Gasteiger partial charge in [0, 0.05) is 24.5 Å². The number of carbonyl (C=O) groups excluding carboxylic acids is 5. The fraction of sp³-hybridized carbons (Fsp3) is 0.694. The summed E-state index contributed by atoms with van der Waals surface area (Å²) in [6.45, 7) is 6.46. The molecule has 0 aromatic heterocycles. The van der Waals surface area contributed by atoms with Gasteiger partial charge in [-0.15, -0.1) is 0 Å². The second-order valence-electron chi connectivity index (χ2n) is 15.5. The molecule has 268 valence electrons. The molecule has 2 saturated carbocycles. The molecule has 5 aliphatic rings. The first kappa shape index (κ1) is 35.3. The Kier molecular flexibility index (Phi) is 10.3. The van der Waals surface area contributed by atoms with E-state index in [0.29, 0.717) is 49.8 Å². The van der Waals surface area contributed by atoms with E-state index in [1.165, 1.54) is 4.90 Å². The summed E-state index contributed by atoms with van der Waals surface area (Å²) in [5, 5.41) is 9.50. The number of hydrogen-bond donors (Lipinski definition) is 3. The Balaban J connectivity index is 1.22. The average Bonchev–Trinajstić information content (AvgIpc) is 3.89. The number of rotatable bonds is 5. The minimum absolute atomic E-state index is 0.0187.